The van der Waals surface area contributed by atoms with Gasteiger partial charge in [0.15, 0.2) is 0 Å². The lowest BCUT2D eigenvalue weighted by molar-refractivity contribution is -0.0427. The number of hydrogen-bond donors (Lipinski definition) is 1. The maximum absolute atomic E-state index is 10.4. The Balaban J connectivity index is 1.36. The number of hydrogen-bond acceptors (Lipinski definition) is 6. The van der Waals surface area contributed by atoms with Gasteiger partial charge in [-0.05, 0) is 55.7 Å². The normalized spacial score (nSPS) is 15.5. The first-order chi connectivity index (χ1) is 14.2. The molecule has 0 aliphatic heterocycles. The number of nitrogens with zero attached hydrogens (tertiary/aromatic N) is 4. The van der Waals surface area contributed by atoms with Gasteiger partial charge in [-0.2, -0.15) is 4.98 Å². The zero-order valence-electron chi connectivity index (χ0n) is 16.2. The van der Waals surface area contributed by atoms with Crippen molar-refractivity contribution >= 4 is 11.0 Å². The number of aryl methyl sites for hydroxylation is 1. The molecule has 1 atom stereocenters. The molecule has 4 aromatic rings. The van der Waals surface area contributed by atoms with Crippen LogP contribution in [0, 0.1) is 6.92 Å². The molecule has 1 aliphatic carbocycles. The molecular weight excluding hydrogens is 368 g/mol. The second-order valence-corrected chi connectivity index (χ2v) is 7.45. The average Bonchev–Trinajstić information content (AvgIpc) is 3.32. The first-order valence-corrected chi connectivity index (χ1v) is 9.85. The number of aliphatic hydroxyl groups excluding tert-OH is 1. The number of benzene rings is 1. The number of aromatic nitrogens is 4. The molecule has 7 nitrogen and oxygen atoms in total. The van der Waals surface area contributed by atoms with Gasteiger partial charge in [0, 0.05) is 41.5 Å². The van der Waals surface area contributed by atoms with Gasteiger partial charge in [0.25, 0.3) is 0 Å². The standard InChI is InChI=1S/C22H22N4O3/c1-14-24-21(25-29-14)15-5-7-18(8-6-15)26-10-9-16-11-17(12-23-22(16)26)20(27)13-28-19-3-2-4-19/h5-12,19-20,27H,2-4,13H2,1H3/t20-/m1/s1. The summed E-state index contributed by atoms with van der Waals surface area (Å²) in [5, 5.41) is 15.3. The van der Waals surface area contributed by atoms with E-state index in [1.54, 1.807) is 13.1 Å². The van der Waals surface area contributed by atoms with Crippen molar-refractivity contribution in [1.82, 2.24) is 19.7 Å². The van der Waals surface area contributed by atoms with Crippen LogP contribution in [-0.4, -0.2) is 37.5 Å². The fourth-order valence-corrected chi connectivity index (χ4v) is 3.48. The van der Waals surface area contributed by atoms with Crippen LogP contribution in [0.2, 0.25) is 0 Å². The highest BCUT2D eigenvalue weighted by Gasteiger charge is 2.20. The van der Waals surface area contributed by atoms with Crippen molar-refractivity contribution < 1.29 is 14.4 Å². The third kappa shape index (κ3) is 3.54. The third-order valence-electron chi connectivity index (χ3n) is 5.41. The molecule has 0 spiro atoms. The smallest absolute Gasteiger partial charge is 0.223 e. The van der Waals surface area contributed by atoms with Gasteiger partial charge in [-0.1, -0.05) is 5.16 Å². The van der Waals surface area contributed by atoms with Crippen LogP contribution in [0.5, 0.6) is 0 Å². The molecule has 0 radical (unpaired) electrons. The highest BCUT2D eigenvalue weighted by molar-refractivity contribution is 5.79. The van der Waals surface area contributed by atoms with Gasteiger partial charge in [-0.15, -0.1) is 0 Å². The molecule has 0 unspecified atom stereocenters. The van der Waals surface area contributed by atoms with Crippen LogP contribution in [0.15, 0.2) is 53.3 Å². The summed E-state index contributed by atoms with van der Waals surface area (Å²) in [6.07, 6.45) is 6.76. The summed E-state index contributed by atoms with van der Waals surface area (Å²) < 4.78 is 12.8. The van der Waals surface area contributed by atoms with Crippen LogP contribution in [0.3, 0.4) is 0 Å². The summed E-state index contributed by atoms with van der Waals surface area (Å²) in [7, 11) is 0. The summed E-state index contributed by atoms with van der Waals surface area (Å²) in [6, 6.07) is 11.9. The molecule has 1 fully saturated rings. The third-order valence-corrected chi connectivity index (χ3v) is 5.41. The summed E-state index contributed by atoms with van der Waals surface area (Å²) >= 11 is 0. The van der Waals surface area contributed by atoms with Crippen LogP contribution in [-0.2, 0) is 4.74 Å². The first kappa shape index (κ1) is 18.0. The predicted octanol–water partition coefficient (Wildman–Crippen LogP) is 3.99. The molecule has 3 aromatic heterocycles. The van der Waals surface area contributed by atoms with Crippen molar-refractivity contribution in [1.29, 1.82) is 0 Å². The summed E-state index contributed by atoms with van der Waals surface area (Å²) in [5.41, 5.74) is 3.49. The predicted molar refractivity (Wildman–Crippen MR) is 108 cm³/mol. The summed E-state index contributed by atoms with van der Waals surface area (Å²) in [5.74, 6) is 1.12. The lowest BCUT2D eigenvalue weighted by atomic mass is 9.96. The average molecular weight is 390 g/mol. The Bertz CT molecular complexity index is 1130. The van der Waals surface area contributed by atoms with Gasteiger partial charge < -0.3 is 18.9 Å². The van der Waals surface area contributed by atoms with E-state index in [9.17, 15) is 5.11 Å². The zero-order valence-corrected chi connectivity index (χ0v) is 16.2. The number of rotatable bonds is 6. The lowest BCUT2D eigenvalue weighted by Crippen LogP contribution is -2.24. The van der Waals surface area contributed by atoms with Crippen LogP contribution >= 0.6 is 0 Å². The molecule has 5 rings (SSSR count). The molecule has 0 bridgehead atoms. The van der Waals surface area contributed by atoms with E-state index in [1.165, 1.54) is 6.42 Å². The summed E-state index contributed by atoms with van der Waals surface area (Å²) in [6.45, 7) is 2.09. The van der Waals surface area contributed by atoms with Crippen LogP contribution in [0.25, 0.3) is 28.1 Å². The van der Waals surface area contributed by atoms with E-state index in [2.05, 4.69) is 15.1 Å². The topological polar surface area (TPSA) is 86.2 Å². The van der Waals surface area contributed by atoms with Crippen molar-refractivity contribution in [2.45, 2.75) is 38.4 Å². The maximum Gasteiger partial charge on any atom is 0.223 e. The fourth-order valence-electron chi connectivity index (χ4n) is 3.48. The minimum atomic E-state index is -0.659. The Morgan fingerprint density at radius 1 is 1.24 bits per heavy atom. The van der Waals surface area contributed by atoms with Gasteiger partial charge in [-0.25, -0.2) is 4.98 Å². The van der Waals surface area contributed by atoms with Crippen molar-refractivity contribution in [2.75, 3.05) is 6.61 Å². The van der Waals surface area contributed by atoms with Gasteiger partial charge in [-0.3, -0.25) is 0 Å². The van der Waals surface area contributed by atoms with Gasteiger partial charge in [0.2, 0.25) is 11.7 Å². The first-order valence-electron chi connectivity index (χ1n) is 9.85. The lowest BCUT2D eigenvalue weighted by Gasteiger charge is -2.26. The SMILES string of the molecule is Cc1nc(-c2ccc(-n3ccc4cc([C@H](O)COC5CCC5)cnc43)cc2)no1. The molecule has 29 heavy (non-hydrogen) atoms. The van der Waals surface area contributed by atoms with E-state index in [-0.39, 0.29) is 0 Å². The Labute approximate surface area is 168 Å². The Morgan fingerprint density at radius 3 is 2.76 bits per heavy atom. The number of pyridine rings is 1. The van der Waals surface area contributed by atoms with Crippen molar-refractivity contribution in [3.05, 3.63) is 60.2 Å². The van der Waals surface area contributed by atoms with Gasteiger partial charge in [0.05, 0.1) is 12.7 Å². The van der Waals surface area contributed by atoms with E-state index in [0.717, 1.165) is 40.7 Å². The molecule has 1 N–H and O–H groups in total. The van der Waals surface area contributed by atoms with Crippen molar-refractivity contribution in [3.8, 4) is 17.1 Å². The molecule has 1 aromatic carbocycles. The number of aliphatic hydroxyl groups is 1. The van der Waals surface area contributed by atoms with Crippen LogP contribution in [0.1, 0.15) is 36.8 Å². The summed E-state index contributed by atoms with van der Waals surface area (Å²) in [4.78, 5) is 8.85. The van der Waals surface area contributed by atoms with E-state index in [1.807, 2.05) is 47.2 Å². The van der Waals surface area contributed by atoms with Crippen molar-refractivity contribution in [3.63, 3.8) is 0 Å². The molecule has 148 valence electrons. The monoisotopic (exact) mass is 390 g/mol. The molecule has 3 heterocycles. The molecular formula is C22H22N4O3. The molecule has 0 saturated heterocycles. The molecule has 1 aliphatic rings. The Hall–Kier alpha value is -3.03. The molecule has 0 amide bonds. The fraction of sp³-hybridized carbons (Fsp3) is 0.318. The number of ether oxygens (including phenoxy) is 1. The van der Waals surface area contributed by atoms with Crippen LogP contribution < -0.4 is 0 Å². The highest BCUT2D eigenvalue weighted by atomic mass is 16.5. The minimum Gasteiger partial charge on any atom is -0.386 e. The second kappa shape index (κ2) is 7.42. The van der Waals surface area contributed by atoms with Crippen molar-refractivity contribution in [2.24, 2.45) is 0 Å². The Morgan fingerprint density at radius 2 is 2.07 bits per heavy atom. The largest absolute Gasteiger partial charge is 0.386 e. The zero-order chi connectivity index (χ0) is 19.8. The van der Waals surface area contributed by atoms with Gasteiger partial charge in [0.1, 0.15) is 11.8 Å². The highest BCUT2D eigenvalue weighted by Crippen LogP contribution is 2.26. The van der Waals surface area contributed by atoms with Gasteiger partial charge >= 0.3 is 0 Å². The quantitative estimate of drug-likeness (QED) is 0.536. The molecule has 7 heteroatoms. The molecule has 1 saturated carbocycles. The van der Waals surface area contributed by atoms with E-state index in [0.29, 0.717) is 24.4 Å². The second-order valence-electron chi connectivity index (χ2n) is 7.45. The van der Waals surface area contributed by atoms with E-state index >= 15 is 0 Å². The Kier molecular flexibility index (Phi) is 4.61. The van der Waals surface area contributed by atoms with Crippen LogP contribution in [0.4, 0.5) is 0 Å². The number of fused-ring (bicyclic) bond motifs is 1. The maximum atomic E-state index is 10.4. The van der Waals surface area contributed by atoms with E-state index < -0.39 is 6.10 Å². The van der Waals surface area contributed by atoms with E-state index in [4.69, 9.17) is 9.26 Å². The minimum absolute atomic E-state index is 0.307.